The molecule has 0 bridgehead atoms. The molecule has 0 atom stereocenters. The summed E-state index contributed by atoms with van der Waals surface area (Å²) in [6.45, 7) is 5.04. The summed E-state index contributed by atoms with van der Waals surface area (Å²) in [5, 5.41) is -0.127. The van der Waals surface area contributed by atoms with Crippen LogP contribution >= 0.6 is 11.3 Å². The zero-order chi connectivity index (χ0) is 33.8. The molecule has 0 aliphatic heterocycles. The fourth-order valence-electron chi connectivity index (χ4n) is 4.42. The fraction of sp³-hybridized carbons (Fsp3) is 0.300. The van der Waals surface area contributed by atoms with E-state index >= 15 is 4.39 Å². The molecule has 0 saturated carbocycles. The highest BCUT2D eigenvalue weighted by molar-refractivity contribution is 7.92. The summed E-state index contributed by atoms with van der Waals surface area (Å²) in [4.78, 5) is 33.6. The number of hydrogen-bond donors (Lipinski definition) is 1. The van der Waals surface area contributed by atoms with Crippen molar-refractivity contribution in [1.82, 2.24) is 19.3 Å². The minimum absolute atomic E-state index is 0.0253. The van der Waals surface area contributed by atoms with E-state index in [0.29, 0.717) is 23.3 Å². The maximum atomic E-state index is 15.4. The number of urea groups is 1. The van der Waals surface area contributed by atoms with Gasteiger partial charge in [-0.2, -0.15) is 13.2 Å². The summed E-state index contributed by atoms with van der Waals surface area (Å²) in [6.07, 6.45) is -1.14. The summed E-state index contributed by atoms with van der Waals surface area (Å²) in [5.41, 5.74) is 0.570. The molecule has 0 aliphatic rings. The number of alkyl halides is 3. The SMILES string of the molecule is CCc1nccn1Cc1ccc(-c2cc(CC(C)C)sc2S(=O)(=O)NC(=O)N(Cc2ccc(F)cc2)OC(=O)C(F)(F)F)cc1F. The lowest BCUT2D eigenvalue weighted by Crippen LogP contribution is -2.45. The third-order valence-corrected chi connectivity index (χ3v) is 9.55. The van der Waals surface area contributed by atoms with Crippen molar-refractivity contribution in [1.29, 1.82) is 0 Å². The van der Waals surface area contributed by atoms with Crippen molar-refractivity contribution >= 4 is 33.4 Å². The topological polar surface area (TPSA) is 111 Å². The Bertz CT molecular complexity index is 1820. The van der Waals surface area contributed by atoms with Crippen LogP contribution < -0.4 is 4.72 Å². The number of aryl methyl sites for hydroxylation is 1. The molecule has 4 aromatic rings. The van der Waals surface area contributed by atoms with Crippen LogP contribution in [0.5, 0.6) is 0 Å². The van der Waals surface area contributed by atoms with Crippen molar-refractivity contribution in [2.45, 2.75) is 57.1 Å². The van der Waals surface area contributed by atoms with Crippen LogP contribution in [-0.2, 0) is 45.6 Å². The molecule has 0 unspecified atom stereocenters. The van der Waals surface area contributed by atoms with Crippen LogP contribution in [-0.4, -0.2) is 41.2 Å². The van der Waals surface area contributed by atoms with Gasteiger partial charge in [0, 0.05) is 34.8 Å². The molecule has 2 aromatic heterocycles. The molecule has 246 valence electrons. The van der Waals surface area contributed by atoms with Crippen molar-refractivity contribution < 1.29 is 44.8 Å². The lowest BCUT2D eigenvalue weighted by molar-refractivity contribution is -0.229. The maximum Gasteiger partial charge on any atom is 0.493 e. The first kappa shape index (κ1) is 34.6. The highest BCUT2D eigenvalue weighted by atomic mass is 32.2. The number of carbonyl (C=O) groups is 2. The van der Waals surface area contributed by atoms with Gasteiger partial charge in [-0.3, -0.25) is 0 Å². The summed E-state index contributed by atoms with van der Waals surface area (Å²) in [6, 6.07) is 8.11. The molecule has 16 heteroatoms. The summed E-state index contributed by atoms with van der Waals surface area (Å²) in [5.74, 6) is -3.25. The number of imidazole rings is 1. The second-order valence-corrected chi connectivity index (χ2v) is 13.6. The molecular formula is C30H29F5N4O5S2. The minimum Gasteiger partial charge on any atom is -0.330 e. The summed E-state index contributed by atoms with van der Waals surface area (Å²) < 4.78 is 97.9. The predicted octanol–water partition coefficient (Wildman–Crippen LogP) is 6.62. The first-order chi connectivity index (χ1) is 21.6. The lowest BCUT2D eigenvalue weighted by atomic mass is 10.0. The Morgan fingerprint density at radius 1 is 1.09 bits per heavy atom. The molecule has 2 heterocycles. The van der Waals surface area contributed by atoms with Gasteiger partial charge in [-0.15, -0.1) is 16.4 Å². The van der Waals surface area contributed by atoms with Gasteiger partial charge in [0.15, 0.2) is 0 Å². The van der Waals surface area contributed by atoms with E-state index in [4.69, 9.17) is 0 Å². The van der Waals surface area contributed by atoms with E-state index in [1.165, 1.54) is 12.1 Å². The number of carbonyl (C=O) groups excluding carboxylic acids is 2. The summed E-state index contributed by atoms with van der Waals surface area (Å²) in [7, 11) is -4.83. The second kappa shape index (κ2) is 14.0. The molecule has 46 heavy (non-hydrogen) atoms. The van der Waals surface area contributed by atoms with Crippen LogP contribution in [0.3, 0.4) is 0 Å². The normalized spacial score (nSPS) is 11.9. The molecular weight excluding hydrogens is 655 g/mol. The standard InChI is InChI=1S/C30H29F5N4O5S2/c1-4-26-36-11-12-38(26)17-21-8-7-20(14-25(21)32)24-15-23(13-18(2)3)45-27(24)46(42,43)37-29(41)39(44-28(40)30(33,34)35)16-19-5-9-22(31)10-6-19/h5-12,14-15,18H,4,13,16-17H2,1-3H3,(H,37,41). The van der Waals surface area contributed by atoms with E-state index in [-0.39, 0.29) is 34.2 Å². The van der Waals surface area contributed by atoms with Gasteiger partial charge in [0.05, 0.1) is 13.1 Å². The van der Waals surface area contributed by atoms with Crippen molar-refractivity contribution in [2.24, 2.45) is 5.92 Å². The van der Waals surface area contributed by atoms with Crippen molar-refractivity contribution in [3.05, 3.63) is 94.4 Å². The Morgan fingerprint density at radius 2 is 1.78 bits per heavy atom. The van der Waals surface area contributed by atoms with Crippen LogP contribution in [0.2, 0.25) is 0 Å². The van der Waals surface area contributed by atoms with Crippen LogP contribution in [0.25, 0.3) is 11.1 Å². The maximum absolute atomic E-state index is 15.4. The molecule has 2 amide bonds. The first-order valence-electron chi connectivity index (χ1n) is 13.9. The molecule has 0 saturated heterocycles. The van der Waals surface area contributed by atoms with E-state index in [1.54, 1.807) is 27.7 Å². The molecule has 0 radical (unpaired) electrons. The van der Waals surface area contributed by atoms with E-state index in [1.807, 2.05) is 20.8 Å². The smallest absolute Gasteiger partial charge is 0.330 e. The molecule has 2 aromatic carbocycles. The number of hydroxylamine groups is 2. The number of thiophene rings is 1. The predicted molar refractivity (Wildman–Crippen MR) is 159 cm³/mol. The van der Waals surface area contributed by atoms with E-state index < -0.39 is 50.6 Å². The lowest BCUT2D eigenvalue weighted by Gasteiger charge is -2.22. The zero-order valence-corrected chi connectivity index (χ0v) is 26.4. The van der Waals surface area contributed by atoms with Crippen molar-refractivity contribution in [3.8, 4) is 11.1 Å². The average molecular weight is 685 g/mol. The molecule has 0 aliphatic carbocycles. The van der Waals surface area contributed by atoms with Gasteiger partial charge in [0.25, 0.3) is 10.0 Å². The van der Waals surface area contributed by atoms with E-state index in [2.05, 4.69) is 9.82 Å². The largest absolute Gasteiger partial charge is 0.493 e. The minimum atomic E-state index is -5.51. The molecule has 1 N–H and O–H groups in total. The number of halogens is 5. The van der Waals surface area contributed by atoms with Crippen molar-refractivity contribution in [3.63, 3.8) is 0 Å². The third kappa shape index (κ3) is 8.48. The number of nitrogens with zero attached hydrogens (tertiary/aromatic N) is 3. The number of benzene rings is 2. The average Bonchev–Trinajstić information content (AvgIpc) is 3.61. The van der Waals surface area contributed by atoms with Gasteiger partial charge < -0.3 is 9.40 Å². The van der Waals surface area contributed by atoms with Gasteiger partial charge in [-0.1, -0.05) is 45.0 Å². The number of rotatable bonds is 10. The number of amides is 2. The zero-order valence-electron chi connectivity index (χ0n) is 24.8. The number of sulfonamides is 1. The van der Waals surface area contributed by atoms with Crippen LogP contribution in [0.15, 0.2) is 65.1 Å². The number of aromatic nitrogens is 2. The van der Waals surface area contributed by atoms with Gasteiger partial charge in [-0.25, -0.2) is 36.5 Å². The Balaban J connectivity index is 1.67. The molecule has 9 nitrogen and oxygen atoms in total. The molecule has 0 fully saturated rings. The number of hydrogen-bond acceptors (Lipinski definition) is 7. The number of nitrogens with one attached hydrogen (secondary N) is 1. The molecule has 4 rings (SSSR count). The Morgan fingerprint density at radius 3 is 2.39 bits per heavy atom. The Labute approximate surface area is 265 Å². The second-order valence-electron chi connectivity index (χ2n) is 10.6. The quantitative estimate of drug-likeness (QED) is 0.149. The molecule has 0 spiro atoms. The van der Waals surface area contributed by atoms with Gasteiger partial charge in [-0.05, 0) is 47.7 Å². The van der Waals surface area contributed by atoms with Crippen molar-refractivity contribution in [2.75, 3.05) is 0 Å². The van der Waals surface area contributed by atoms with Gasteiger partial charge in [0.1, 0.15) is 21.7 Å². The van der Waals surface area contributed by atoms with Gasteiger partial charge in [0.2, 0.25) is 0 Å². The monoisotopic (exact) mass is 684 g/mol. The van der Waals surface area contributed by atoms with Crippen LogP contribution in [0.1, 0.15) is 42.6 Å². The van der Waals surface area contributed by atoms with E-state index in [0.717, 1.165) is 47.5 Å². The highest BCUT2D eigenvalue weighted by Gasteiger charge is 2.44. The summed E-state index contributed by atoms with van der Waals surface area (Å²) >= 11 is 0.800. The fourth-order valence-corrected chi connectivity index (χ4v) is 7.31. The van der Waals surface area contributed by atoms with Crippen LogP contribution in [0, 0.1) is 17.6 Å². The third-order valence-electron chi connectivity index (χ3n) is 6.54. The van der Waals surface area contributed by atoms with Crippen LogP contribution in [0.4, 0.5) is 26.7 Å². The first-order valence-corrected chi connectivity index (χ1v) is 16.2. The Hall–Kier alpha value is -4.31. The van der Waals surface area contributed by atoms with Gasteiger partial charge >= 0.3 is 18.2 Å². The van der Waals surface area contributed by atoms with E-state index in [9.17, 15) is 35.6 Å². The Kier molecular flexibility index (Phi) is 10.5. The highest BCUT2D eigenvalue weighted by Crippen LogP contribution is 2.37.